The van der Waals surface area contributed by atoms with Crippen molar-refractivity contribution in [2.24, 2.45) is 0 Å². The Balaban J connectivity index is 3.68. The molecule has 0 atom stereocenters. The normalized spacial score (nSPS) is 10.2. The van der Waals surface area contributed by atoms with Crippen molar-refractivity contribution in [1.82, 2.24) is 0 Å². The third kappa shape index (κ3) is 1.59. The Morgan fingerprint density at radius 3 is 2.07 bits per heavy atom. The second-order valence-electron chi connectivity index (χ2n) is 2.63. The molecule has 0 radical (unpaired) electrons. The number of hydrogen-bond acceptors (Lipinski definition) is 3. The van der Waals surface area contributed by atoms with Crippen LogP contribution >= 0.6 is 31.9 Å². The second-order valence-corrected chi connectivity index (χ2v) is 4.22. The molecule has 0 amide bonds. The van der Waals surface area contributed by atoms with E-state index in [1.54, 1.807) is 0 Å². The molecule has 0 bridgehead atoms. The number of benzene rings is 1. The molecule has 6 heteroatoms. The first-order chi connectivity index (χ1) is 6.37. The molecule has 0 aliphatic rings. The van der Waals surface area contributed by atoms with Gasteiger partial charge >= 0.3 is 5.97 Å². The van der Waals surface area contributed by atoms with Crippen LogP contribution in [0.3, 0.4) is 0 Å². The van der Waals surface area contributed by atoms with Crippen LogP contribution in [0.2, 0.25) is 0 Å². The van der Waals surface area contributed by atoms with E-state index in [-0.39, 0.29) is 25.8 Å². The lowest BCUT2D eigenvalue weighted by Gasteiger charge is -2.10. The Bertz CT molecular complexity index is 385. The predicted octanol–water partition coefficient (Wildman–Crippen LogP) is 2.63. The lowest BCUT2D eigenvalue weighted by atomic mass is 10.1. The number of aromatic hydroxyl groups is 2. The number of halogens is 2. The molecule has 0 aliphatic carbocycles. The molecule has 0 saturated carbocycles. The summed E-state index contributed by atoms with van der Waals surface area (Å²) in [5.74, 6) is -1.94. The Hall–Kier alpha value is -0.750. The zero-order valence-corrected chi connectivity index (χ0v) is 10.2. The van der Waals surface area contributed by atoms with Crippen LogP contribution in [-0.2, 0) is 0 Å². The van der Waals surface area contributed by atoms with Gasteiger partial charge in [-0.25, -0.2) is 4.79 Å². The first kappa shape index (κ1) is 11.3. The van der Waals surface area contributed by atoms with Crippen LogP contribution in [-0.4, -0.2) is 21.3 Å². The quantitative estimate of drug-likeness (QED) is 0.741. The summed E-state index contributed by atoms with van der Waals surface area (Å²) in [7, 11) is 0. The molecule has 0 heterocycles. The Morgan fingerprint density at radius 2 is 1.64 bits per heavy atom. The highest BCUT2D eigenvalue weighted by Crippen LogP contribution is 2.43. The summed E-state index contributed by atoms with van der Waals surface area (Å²) in [6.07, 6.45) is 0. The molecule has 0 spiro atoms. The molecule has 1 aromatic rings. The molecule has 3 N–H and O–H groups in total. The molecule has 0 saturated heterocycles. The monoisotopic (exact) mass is 324 g/mol. The average Bonchev–Trinajstić information content (AvgIpc) is 2.11. The largest absolute Gasteiger partial charge is 0.506 e. The van der Waals surface area contributed by atoms with Gasteiger partial charge in [0.2, 0.25) is 0 Å². The first-order valence-electron chi connectivity index (χ1n) is 3.50. The summed E-state index contributed by atoms with van der Waals surface area (Å²) in [5, 5.41) is 27.7. The second kappa shape index (κ2) is 3.78. The molecule has 1 rings (SSSR count). The van der Waals surface area contributed by atoms with Crippen molar-refractivity contribution in [2.75, 3.05) is 0 Å². The van der Waals surface area contributed by atoms with Gasteiger partial charge in [0.1, 0.15) is 21.5 Å². The van der Waals surface area contributed by atoms with Crippen molar-refractivity contribution in [3.05, 3.63) is 20.1 Å². The molecular weight excluding hydrogens is 320 g/mol. The Kier molecular flexibility index (Phi) is 3.06. The van der Waals surface area contributed by atoms with Crippen LogP contribution in [0.15, 0.2) is 8.95 Å². The highest BCUT2D eigenvalue weighted by molar-refractivity contribution is 9.11. The molecule has 76 valence electrons. The van der Waals surface area contributed by atoms with Gasteiger partial charge in [-0.3, -0.25) is 0 Å². The van der Waals surface area contributed by atoms with E-state index in [0.717, 1.165) is 0 Å². The highest BCUT2D eigenvalue weighted by Gasteiger charge is 2.22. The average molecular weight is 326 g/mol. The van der Waals surface area contributed by atoms with Gasteiger partial charge in [-0.1, -0.05) is 0 Å². The third-order valence-corrected chi connectivity index (χ3v) is 3.50. The minimum Gasteiger partial charge on any atom is -0.506 e. The fourth-order valence-electron chi connectivity index (χ4n) is 1.04. The van der Waals surface area contributed by atoms with E-state index in [2.05, 4.69) is 31.9 Å². The maximum absolute atomic E-state index is 10.8. The standard InChI is InChI=1S/C8H6Br2O4/c1-2-3(8(13)14)6(11)5(10)7(12)4(2)9/h11-12H,1H3,(H,13,14). The van der Waals surface area contributed by atoms with Gasteiger partial charge < -0.3 is 15.3 Å². The lowest BCUT2D eigenvalue weighted by Crippen LogP contribution is -2.01. The molecule has 1 aromatic carbocycles. The highest BCUT2D eigenvalue weighted by atomic mass is 79.9. The van der Waals surface area contributed by atoms with Gasteiger partial charge in [-0.2, -0.15) is 0 Å². The maximum atomic E-state index is 10.8. The van der Waals surface area contributed by atoms with E-state index < -0.39 is 11.7 Å². The zero-order chi connectivity index (χ0) is 11.0. The molecular formula is C8H6Br2O4. The van der Waals surface area contributed by atoms with Crippen LogP contribution in [0, 0.1) is 6.92 Å². The summed E-state index contributed by atoms with van der Waals surface area (Å²) in [6.45, 7) is 1.49. The van der Waals surface area contributed by atoms with Gasteiger partial charge in [0.15, 0.2) is 0 Å². The maximum Gasteiger partial charge on any atom is 0.339 e. The van der Waals surface area contributed by atoms with Gasteiger partial charge in [0.05, 0.1) is 4.47 Å². The number of carboxylic acids is 1. The van der Waals surface area contributed by atoms with Crippen LogP contribution in [0.4, 0.5) is 0 Å². The van der Waals surface area contributed by atoms with E-state index in [0.29, 0.717) is 0 Å². The minimum atomic E-state index is -1.25. The number of hydrogen-bond donors (Lipinski definition) is 3. The smallest absolute Gasteiger partial charge is 0.339 e. The number of carboxylic acid groups (broad SMARTS) is 1. The third-order valence-electron chi connectivity index (χ3n) is 1.78. The van der Waals surface area contributed by atoms with E-state index in [1.807, 2.05) is 0 Å². The van der Waals surface area contributed by atoms with Crippen molar-refractivity contribution in [2.45, 2.75) is 6.92 Å². The topological polar surface area (TPSA) is 77.8 Å². The minimum absolute atomic E-state index is 0.0348. The Labute approximate surface area is 96.4 Å². The van der Waals surface area contributed by atoms with Crippen molar-refractivity contribution >= 4 is 37.8 Å². The summed E-state index contributed by atoms with van der Waals surface area (Å²) in [4.78, 5) is 10.8. The molecule has 0 fully saturated rings. The summed E-state index contributed by atoms with van der Waals surface area (Å²) in [5.41, 5.74) is 0.0391. The molecule has 0 aromatic heterocycles. The van der Waals surface area contributed by atoms with Gasteiger partial charge in [0, 0.05) is 0 Å². The molecule has 0 aliphatic heterocycles. The van der Waals surface area contributed by atoms with Gasteiger partial charge in [0.25, 0.3) is 0 Å². The molecule has 4 nitrogen and oxygen atoms in total. The number of carbonyl (C=O) groups is 1. The van der Waals surface area contributed by atoms with Crippen LogP contribution in [0.5, 0.6) is 11.5 Å². The van der Waals surface area contributed by atoms with E-state index in [1.165, 1.54) is 6.92 Å². The fourth-order valence-corrected chi connectivity index (χ4v) is 2.10. The first-order valence-corrected chi connectivity index (χ1v) is 5.09. The number of phenolic OH excluding ortho intramolecular Hbond substituents is 1. The van der Waals surface area contributed by atoms with Gasteiger partial charge in [-0.15, -0.1) is 0 Å². The van der Waals surface area contributed by atoms with Gasteiger partial charge in [-0.05, 0) is 44.3 Å². The summed E-state index contributed by atoms with van der Waals surface area (Å²) >= 11 is 5.92. The number of aromatic carboxylic acids is 1. The van der Waals surface area contributed by atoms with Crippen LogP contribution < -0.4 is 0 Å². The van der Waals surface area contributed by atoms with Crippen molar-refractivity contribution in [1.29, 1.82) is 0 Å². The van der Waals surface area contributed by atoms with E-state index in [9.17, 15) is 15.0 Å². The zero-order valence-electron chi connectivity index (χ0n) is 7.01. The molecule has 0 unspecified atom stereocenters. The SMILES string of the molecule is Cc1c(Br)c(O)c(Br)c(O)c1C(=O)O. The van der Waals surface area contributed by atoms with E-state index in [4.69, 9.17) is 5.11 Å². The number of rotatable bonds is 1. The van der Waals surface area contributed by atoms with Crippen LogP contribution in [0.1, 0.15) is 15.9 Å². The van der Waals surface area contributed by atoms with Crippen LogP contribution in [0.25, 0.3) is 0 Å². The summed E-state index contributed by atoms with van der Waals surface area (Å²) < 4.78 is 0.215. The predicted molar refractivity (Wildman–Crippen MR) is 56.9 cm³/mol. The van der Waals surface area contributed by atoms with Crippen molar-refractivity contribution in [3.8, 4) is 11.5 Å². The lowest BCUT2D eigenvalue weighted by molar-refractivity contribution is 0.0692. The number of phenols is 2. The fraction of sp³-hybridized carbons (Fsp3) is 0.125. The summed E-state index contributed by atoms with van der Waals surface area (Å²) in [6, 6.07) is 0. The van der Waals surface area contributed by atoms with Crippen molar-refractivity contribution < 1.29 is 20.1 Å². The van der Waals surface area contributed by atoms with Crippen molar-refractivity contribution in [3.63, 3.8) is 0 Å². The Morgan fingerprint density at radius 1 is 1.14 bits per heavy atom. The van der Waals surface area contributed by atoms with E-state index >= 15 is 0 Å². The molecule has 14 heavy (non-hydrogen) atoms.